The quantitative estimate of drug-likeness (QED) is 0.156. The van der Waals surface area contributed by atoms with Crippen LogP contribution < -0.4 is 4.72 Å². The summed E-state index contributed by atoms with van der Waals surface area (Å²) in [5.74, 6) is 0.0455. The number of aliphatic hydroxyl groups is 1. The maximum absolute atomic E-state index is 12.7. The van der Waals surface area contributed by atoms with Crippen LogP contribution in [0.15, 0.2) is 126 Å². The Morgan fingerprint density at radius 1 is 0.787 bits per heavy atom. The third-order valence-electron chi connectivity index (χ3n) is 9.28. The van der Waals surface area contributed by atoms with E-state index in [0.29, 0.717) is 6.54 Å². The molecule has 0 bridgehead atoms. The number of benzene rings is 5. The number of nitrogens with one attached hydrogen (secondary N) is 1. The van der Waals surface area contributed by atoms with E-state index in [-0.39, 0.29) is 42.2 Å². The lowest BCUT2D eigenvalue weighted by Crippen LogP contribution is -2.44. The fraction of sp³-hybridized carbons (Fsp3) is 0.282. The smallest absolute Gasteiger partial charge is 0.240 e. The summed E-state index contributed by atoms with van der Waals surface area (Å²) in [6, 6.07) is 39.2. The molecule has 0 aromatic heterocycles. The Morgan fingerprint density at radius 3 is 2.13 bits per heavy atom. The van der Waals surface area contributed by atoms with Crippen LogP contribution in [0.1, 0.15) is 60.1 Å². The zero-order chi connectivity index (χ0) is 33.0. The van der Waals surface area contributed by atoms with E-state index in [1.165, 1.54) is 16.3 Å². The van der Waals surface area contributed by atoms with Gasteiger partial charge in [0, 0.05) is 30.6 Å². The van der Waals surface area contributed by atoms with Crippen molar-refractivity contribution in [2.24, 2.45) is 5.92 Å². The highest BCUT2D eigenvalue weighted by molar-refractivity contribution is 7.89. The number of hydrogen-bond donors (Lipinski definition) is 2. The van der Waals surface area contributed by atoms with Crippen LogP contribution in [0.3, 0.4) is 0 Å². The zero-order valence-electron chi connectivity index (χ0n) is 27.0. The minimum absolute atomic E-state index is 0.0129. The summed E-state index contributed by atoms with van der Waals surface area (Å²) in [5, 5.41) is 12.0. The summed E-state index contributed by atoms with van der Waals surface area (Å²) in [5.41, 5.74) is 4.82. The first-order valence-corrected chi connectivity index (χ1v) is 17.5. The van der Waals surface area contributed by atoms with Gasteiger partial charge in [0.2, 0.25) is 10.0 Å². The molecule has 0 unspecified atom stereocenters. The summed E-state index contributed by atoms with van der Waals surface area (Å²) < 4.78 is 41.5. The summed E-state index contributed by atoms with van der Waals surface area (Å²) >= 11 is 0. The van der Waals surface area contributed by atoms with Crippen molar-refractivity contribution in [3.63, 3.8) is 0 Å². The average molecular weight is 651 g/mol. The van der Waals surface area contributed by atoms with Gasteiger partial charge in [-0.1, -0.05) is 110 Å². The minimum Gasteiger partial charge on any atom is -0.392 e. The average Bonchev–Trinajstić information content (AvgIpc) is 3.11. The van der Waals surface area contributed by atoms with Crippen molar-refractivity contribution in [1.29, 1.82) is 0 Å². The molecule has 0 aliphatic carbocycles. The van der Waals surface area contributed by atoms with Crippen LogP contribution in [0.2, 0.25) is 0 Å². The molecule has 47 heavy (non-hydrogen) atoms. The van der Waals surface area contributed by atoms with Gasteiger partial charge in [0.1, 0.15) is 0 Å². The third kappa shape index (κ3) is 7.65. The van der Waals surface area contributed by atoms with E-state index < -0.39 is 16.3 Å². The molecule has 6 rings (SSSR count). The largest absolute Gasteiger partial charge is 0.392 e. The lowest BCUT2D eigenvalue weighted by atomic mass is 9.89. The van der Waals surface area contributed by atoms with Crippen LogP contribution in [0.5, 0.6) is 0 Å². The number of hydrogen-bond acceptors (Lipinski definition) is 6. The van der Waals surface area contributed by atoms with Crippen molar-refractivity contribution in [1.82, 2.24) is 9.62 Å². The topological polar surface area (TPSA) is 88.1 Å². The van der Waals surface area contributed by atoms with E-state index in [2.05, 4.69) is 73.0 Å². The second-order valence-electron chi connectivity index (χ2n) is 12.4. The normalized spacial score (nSPS) is 20.8. The predicted molar refractivity (Wildman–Crippen MR) is 185 cm³/mol. The highest BCUT2D eigenvalue weighted by Crippen LogP contribution is 2.42. The molecule has 5 atom stereocenters. The molecule has 0 radical (unpaired) electrons. The minimum atomic E-state index is -3.62. The molecule has 0 amide bonds. The number of aliphatic hydroxyl groups excluding tert-OH is 1. The predicted octanol–water partition coefficient (Wildman–Crippen LogP) is 7.30. The molecule has 244 valence electrons. The van der Waals surface area contributed by atoms with Crippen LogP contribution in [0.25, 0.3) is 10.8 Å². The lowest BCUT2D eigenvalue weighted by Gasteiger charge is -2.43. The monoisotopic (exact) mass is 650 g/mol. The van der Waals surface area contributed by atoms with Crippen molar-refractivity contribution >= 4 is 20.8 Å². The van der Waals surface area contributed by atoms with Crippen molar-refractivity contribution in [3.8, 4) is 0 Å². The van der Waals surface area contributed by atoms with E-state index >= 15 is 0 Å². The van der Waals surface area contributed by atoms with Crippen LogP contribution in [0.4, 0.5) is 0 Å². The van der Waals surface area contributed by atoms with Gasteiger partial charge < -0.3 is 14.6 Å². The Balaban J connectivity index is 1.20. The molecule has 2 N–H and O–H groups in total. The van der Waals surface area contributed by atoms with E-state index in [1.807, 2.05) is 48.5 Å². The second kappa shape index (κ2) is 14.5. The number of rotatable bonds is 11. The highest BCUT2D eigenvalue weighted by atomic mass is 32.2. The van der Waals surface area contributed by atoms with Crippen molar-refractivity contribution < 1.29 is 23.0 Å². The third-order valence-corrected chi connectivity index (χ3v) is 10.7. The number of likely N-dealkylation sites (N-methyl/N-ethyl adjacent to an activating group) is 1. The van der Waals surface area contributed by atoms with E-state index in [1.54, 1.807) is 30.3 Å². The van der Waals surface area contributed by atoms with Crippen LogP contribution in [-0.2, 0) is 32.6 Å². The number of sulfonamides is 1. The molecule has 8 heteroatoms. The second-order valence-corrected chi connectivity index (χ2v) is 14.2. The van der Waals surface area contributed by atoms with Crippen molar-refractivity contribution in [3.05, 3.63) is 149 Å². The molecule has 5 aromatic carbocycles. The van der Waals surface area contributed by atoms with E-state index in [0.717, 1.165) is 22.3 Å². The Kier molecular flexibility index (Phi) is 10.2. The van der Waals surface area contributed by atoms with Crippen LogP contribution in [-0.4, -0.2) is 38.1 Å². The van der Waals surface area contributed by atoms with Gasteiger partial charge in [0.05, 0.1) is 23.7 Å². The van der Waals surface area contributed by atoms with Gasteiger partial charge in [-0.05, 0) is 65.2 Å². The molecule has 7 nitrogen and oxygen atoms in total. The standard InChI is InChI=1S/C39H42N2O5S/c1-27-37(25-41(3)28(2)34-22-21-31-9-7-8-10-35(31)23-34)45-39(46-38(27)32-17-15-30(26-42)16-18-32)33-19-13-29(14-20-33)24-40-47(43,44)36-11-5-4-6-12-36/h4-23,27-28,37-40,42H,24-26H2,1-3H3/t27-,28+,37+,38+,39+/m0/s1. The summed E-state index contributed by atoms with van der Waals surface area (Å²) in [7, 11) is -1.48. The first kappa shape index (κ1) is 33.0. The molecule has 1 aliphatic heterocycles. The van der Waals surface area contributed by atoms with Gasteiger partial charge in [-0.3, -0.25) is 4.90 Å². The molecule has 1 aliphatic rings. The number of ether oxygens (including phenoxy) is 2. The highest BCUT2D eigenvalue weighted by Gasteiger charge is 2.39. The molecule has 1 fully saturated rings. The van der Waals surface area contributed by atoms with Gasteiger partial charge >= 0.3 is 0 Å². The SMILES string of the molecule is C[C@H]1[C@@H](CN(C)[C@H](C)c2ccc3ccccc3c2)O[C@@H](c2ccc(CNS(=O)(=O)c3ccccc3)cc2)O[C@H]1c1ccc(CO)cc1. The van der Waals surface area contributed by atoms with Gasteiger partial charge in [-0.2, -0.15) is 0 Å². The summed E-state index contributed by atoms with van der Waals surface area (Å²) in [4.78, 5) is 2.57. The van der Waals surface area contributed by atoms with E-state index in [9.17, 15) is 13.5 Å². The maximum atomic E-state index is 12.7. The van der Waals surface area contributed by atoms with Crippen molar-refractivity contribution in [2.75, 3.05) is 13.6 Å². The summed E-state index contributed by atoms with van der Waals surface area (Å²) in [6.45, 7) is 5.24. The lowest BCUT2D eigenvalue weighted by molar-refractivity contribution is -0.276. The molecular weight excluding hydrogens is 609 g/mol. The Bertz CT molecular complexity index is 1880. The van der Waals surface area contributed by atoms with Crippen LogP contribution >= 0.6 is 0 Å². The van der Waals surface area contributed by atoms with E-state index in [4.69, 9.17) is 9.47 Å². The fourth-order valence-electron chi connectivity index (χ4n) is 6.15. The van der Waals surface area contributed by atoms with Gasteiger partial charge in [0.15, 0.2) is 6.29 Å². The molecule has 5 aromatic rings. The Hall–Kier alpha value is -3.89. The first-order chi connectivity index (χ1) is 22.7. The Labute approximate surface area is 277 Å². The zero-order valence-corrected chi connectivity index (χ0v) is 27.8. The number of nitrogens with zero attached hydrogens (tertiary/aromatic N) is 1. The fourth-order valence-corrected chi connectivity index (χ4v) is 7.18. The van der Waals surface area contributed by atoms with Crippen molar-refractivity contribution in [2.45, 2.75) is 56.4 Å². The van der Waals surface area contributed by atoms with Gasteiger partial charge in [-0.25, -0.2) is 13.1 Å². The first-order valence-electron chi connectivity index (χ1n) is 16.0. The summed E-state index contributed by atoms with van der Waals surface area (Å²) in [6.07, 6.45) is -0.979. The van der Waals surface area contributed by atoms with Gasteiger partial charge in [-0.15, -0.1) is 0 Å². The maximum Gasteiger partial charge on any atom is 0.240 e. The van der Waals surface area contributed by atoms with Gasteiger partial charge in [0.25, 0.3) is 0 Å². The Morgan fingerprint density at radius 2 is 1.43 bits per heavy atom. The molecule has 1 saturated heterocycles. The molecular formula is C39H42N2O5S. The van der Waals surface area contributed by atoms with Crippen LogP contribution in [0, 0.1) is 5.92 Å². The molecule has 1 heterocycles. The molecule has 0 spiro atoms. The molecule has 0 saturated carbocycles. The number of fused-ring (bicyclic) bond motifs is 1.